The largest absolute Gasteiger partial charge is 0.446 e. The van der Waals surface area contributed by atoms with Crippen LogP contribution < -0.4 is 4.18 Å². The summed E-state index contributed by atoms with van der Waals surface area (Å²) < 4.78 is 35.1. The van der Waals surface area contributed by atoms with Gasteiger partial charge in [0.05, 0.1) is 10.3 Å². The monoisotopic (exact) mass is 343 g/mol. The molecule has 120 valence electrons. The fourth-order valence-electron chi connectivity index (χ4n) is 3.15. The summed E-state index contributed by atoms with van der Waals surface area (Å²) in [7, 11) is -4.62. The molecule has 3 aromatic rings. The van der Waals surface area contributed by atoms with Crippen molar-refractivity contribution in [3.05, 3.63) is 58.6 Å². The van der Waals surface area contributed by atoms with Crippen LogP contribution in [0.3, 0.4) is 0 Å². The Balaban J connectivity index is 2.00. The van der Waals surface area contributed by atoms with Gasteiger partial charge in [-0.3, -0.25) is 14.7 Å². The molecule has 0 aliphatic heterocycles. The van der Waals surface area contributed by atoms with Crippen LogP contribution in [0, 0.1) is 10.1 Å². The number of non-ortho nitro benzene ring substituents is 1. The lowest BCUT2D eigenvalue weighted by Crippen LogP contribution is -2.06. The van der Waals surface area contributed by atoms with Crippen molar-refractivity contribution in [2.75, 3.05) is 0 Å². The van der Waals surface area contributed by atoms with Crippen molar-refractivity contribution in [3.8, 4) is 28.0 Å². The first-order valence-electron chi connectivity index (χ1n) is 6.87. The van der Waals surface area contributed by atoms with E-state index in [-0.39, 0.29) is 11.4 Å². The Morgan fingerprint density at radius 3 is 2.38 bits per heavy atom. The Morgan fingerprint density at radius 1 is 0.958 bits per heavy atom. The predicted octanol–water partition coefficient (Wildman–Crippen LogP) is 3.58. The molecule has 0 amide bonds. The van der Waals surface area contributed by atoms with E-state index in [2.05, 4.69) is 4.18 Å². The molecule has 24 heavy (non-hydrogen) atoms. The standard InChI is InChI=1S/C16H9NO6S/c18-17(19)15-7-6-12-14-8-9(23-24(20,21)22)4-5-10(14)11-2-1-3-13(15)16(11)12/h1-8H,(H,20,21,22). The van der Waals surface area contributed by atoms with Gasteiger partial charge in [0.25, 0.3) is 5.69 Å². The zero-order valence-corrected chi connectivity index (χ0v) is 12.8. The first-order valence-corrected chi connectivity index (χ1v) is 8.23. The van der Waals surface area contributed by atoms with E-state index in [0.29, 0.717) is 10.9 Å². The molecule has 0 unspecified atom stereocenters. The van der Waals surface area contributed by atoms with Crippen LogP contribution in [0.1, 0.15) is 0 Å². The molecule has 0 heterocycles. The number of benzene rings is 3. The second kappa shape index (κ2) is 4.76. The van der Waals surface area contributed by atoms with E-state index in [4.69, 9.17) is 4.55 Å². The van der Waals surface area contributed by atoms with Gasteiger partial charge in [0.15, 0.2) is 0 Å². The van der Waals surface area contributed by atoms with Crippen molar-refractivity contribution in [2.45, 2.75) is 0 Å². The number of fused-ring (bicyclic) bond motifs is 3. The van der Waals surface area contributed by atoms with Crippen molar-refractivity contribution in [1.29, 1.82) is 0 Å². The average Bonchev–Trinajstić information content (AvgIpc) is 2.82. The van der Waals surface area contributed by atoms with Gasteiger partial charge >= 0.3 is 10.4 Å². The van der Waals surface area contributed by atoms with Crippen LogP contribution in [0.15, 0.2) is 48.5 Å². The van der Waals surface area contributed by atoms with Gasteiger partial charge in [0, 0.05) is 11.5 Å². The van der Waals surface area contributed by atoms with Gasteiger partial charge in [-0.2, -0.15) is 8.42 Å². The number of hydrogen-bond donors (Lipinski definition) is 1. The molecule has 1 aliphatic carbocycles. The Kier molecular flexibility index (Phi) is 2.90. The van der Waals surface area contributed by atoms with Gasteiger partial charge in [0.2, 0.25) is 0 Å². The molecule has 0 spiro atoms. The fourth-order valence-corrected chi connectivity index (χ4v) is 3.50. The van der Waals surface area contributed by atoms with Crippen LogP contribution in [0.25, 0.3) is 33.0 Å². The van der Waals surface area contributed by atoms with E-state index >= 15 is 0 Å². The lowest BCUT2D eigenvalue weighted by molar-refractivity contribution is -0.383. The fraction of sp³-hybridized carbons (Fsp3) is 0. The third kappa shape index (κ3) is 2.12. The number of rotatable bonds is 3. The highest BCUT2D eigenvalue weighted by Crippen LogP contribution is 2.50. The minimum atomic E-state index is -4.62. The summed E-state index contributed by atoms with van der Waals surface area (Å²) in [6, 6.07) is 12.9. The third-order valence-electron chi connectivity index (χ3n) is 3.99. The van der Waals surface area contributed by atoms with E-state index in [0.717, 1.165) is 22.1 Å². The maximum Gasteiger partial charge on any atom is 0.446 e. The molecule has 0 saturated heterocycles. The van der Waals surface area contributed by atoms with Gasteiger partial charge < -0.3 is 4.18 Å². The first kappa shape index (κ1) is 14.6. The molecule has 8 heteroatoms. The molecule has 1 aliphatic rings. The van der Waals surface area contributed by atoms with E-state index in [1.165, 1.54) is 18.2 Å². The molecule has 0 aromatic heterocycles. The van der Waals surface area contributed by atoms with Crippen LogP contribution in [-0.2, 0) is 10.4 Å². The van der Waals surface area contributed by atoms with Crippen LogP contribution in [0.2, 0.25) is 0 Å². The minimum Gasteiger partial charge on any atom is -0.362 e. The topological polar surface area (TPSA) is 107 Å². The molecule has 0 radical (unpaired) electrons. The summed E-state index contributed by atoms with van der Waals surface area (Å²) in [6.07, 6.45) is 0. The molecule has 0 atom stereocenters. The molecule has 3 aromatic carbocycles. The zero-order valence-electron chi connectivity index (χ0n) is 12.0. The highest BCUT2D eigenvalue weighted by Gasteiger charge is 2.26. The maximum absolute atomic E-state index is 11.2. The molecule has 0 bridgehead atoms. The Bertz CT molecular complexity index is 1140. The Morgan fingerprint density at radius 2 is 1.67 bits per heavy atom. The molecule has 7 nitrogen and oxygen atoms in total. The second-order valence-electron chi connectivity index (χ2n) is 5.34. The van der Waals surface area contributed by atoms with Crippen molar-refractivity contribution in [3.63, 3.8) is 0 Å². The van der Waals surface area contributed by atoms with Crippen molar-refractivity contribution < 1.29 is 22.1 Å². The summed E-state index contributed by atoms with van der Waals surface area (Å²) in [4.78, 5) is 10.8. The van der Waals surface area contributed by atoms with Gasteiger partial charge in [-0.05, 0) is 52.6 Å². The van der Waals surface area contributed by atoms with Crippen LogP contribution in [-0.4, -0.2) is 17.9 Å². The van der Waals surface area contributed by atoms with Gasteiger partial charge in [-0.1, -0.05) is 12.1 Å². The molecular weight excluding hydrogens is 334 g/mol. The highest BCUT2D eigenvalue weighted by molar-refractivity contribution is 7.81. The lowest BCUT2D eigenvalue weighted by Gasteiger charge is -2.05. The number of nitrogens with zero attached hydrogens (tertiary/aromatic N) is 1. The number of nitro groups is 1. The predicted molar refractivity (Wildman–Crippen MR) is 87.2 cm³/mol. The first-order chi connectivity index (χ1) is 11.3. The highest BCUT2D eigenvalue weighted by atomic mass is 32.3. The van der Waals surface area contributed by atoms with E-state index < -0.39 is 15.3 Å². The third-order valence-corrected chi connectivity index (χ3v) is 4.39. The zero-order chi connectivity index (χ0) is 17.1. The summed E-state index contributed by atoms with van der Waals surface area (Å²) in [5.74, 6) is -0.0319. The van der Waals surface area contributed by atoms with E-state index in [1.807, 2.05) is 6.07 Å². The molecule has 0 saturated carbocycles. The molecular formula is C16H9NO6S. The van der Waals surface area contributed by atoms with E-state index in [9.17, 15) is 18.5 Å². The van der Waals surface area contributed by atoms with Crippen LogP contribution >= 0.6 is 0 Å². The maximum atomic E-state index is 11.2. The summed E-state index contributed by atoms with van der Waals surface area (Å²) in [5, 5.41) is 12.5. The second-order valence-corrected chi connectivity index (χ2v) is 6.36. The molecule has 0 fully saturated rings. The minimum absolute atomic E-state index is 0.0119. The summed E-state index contributed by atoms with van der Waals surface area (Å²) in [6.45, 7) is 0. The molecule has 4 rings (SSSR count). The molecule has 1 N–H and O–H groups in total. The normalized spacial score (nSPS) is 12.2. The average molecular weight is 343 g/mol. The summed E-state index contributed by atoms with van der Waals surface area (Å²) in [5.41, 5.74) is 3.11. The number of hydrogen-bond acceptors (Lipinski definition) is 5. The van der Waals surface area contributed by atoms with Gasteiger partial charge in [0.1, 0.15) is 5.75 Å². The van der Waals surface area contributed by atoms with Crippen molar-refractivity contribution in [1.82, 2.24) is 0 Å². The van der Waals surface area contributed by atoms with E-state index in [1.54, 1.807) is 24.3 Å². The smallest absolute Gasteiger partial charge is 0.362 e. The van der Waals surface area contributed by atoms with Crippen LogP contribution in [0.4, 0.5) is 5.69 Å². The quantitative estimate of drug-likeness (QED) is 0.346. The van der Waals surface area contributed by atoms with Gasteiger partial charge in [-0.25, -0.2) is 0 Å². The SMILES string of the molecule is O=[N+]([O-])c1ccc2c3c(cccc13)-c1ccc(OS(=O)(=O)O)cc1-2. The number of nitro benzene ring substituents is 1. The van der Waals surface area contributed by atoms with Crippen molar-refractivity contribution >= 4 is 26.9 Å². The lowest BCUT2D eigenvalue weighted by atomic mass is 10.0. The Hall–Kier alpha value is -2.97. The van der Waals surface area contributed by atoms with Crippen molar-refractivity contribution in [2.24, 2.45) is 0 Å². The van der Waals surface area contributed by atoms with Crippen LogP contribution in [0.5, 0.6) is 5.75 Å². The van der Waals surface area contributed by atoms with Gasteiger partial charge in [-0.15, -0.1) is 0 Å². The Labute approximate surface area is 136 Å². The summed E-state index contributed by atoms with van der Waals surface area (Å²) >= 11 is 0.